The van der Waals surface area contributed by atoms with Crippen LogP contribution in [0.25, 0.3) is 0 Å². The minimum absolute atomic E-state index is 0.0456. The van der Waals surface area contributed by atoms with Gasteiger partial charge in [-0.1, -0.05) is 5.16 Å². The zero-order chi connectivity index (χ0) is 8.97. The van der Waals surface area contributed by atoms with Crippen molar-refractivity contribution in [2.45, 2.75) is 19.6 Å². The monoisotopic (exact) mass is 172 g/mol. The zero-order valence-electron chi connectivity index (χ0n) is 6.43. The van der Waals surface area contributed by atoms with Crippen molar-refractivity contribution in [1.29, 1.82) is 0 Å². The number of ether oxygens (including phenoxy) is 1. The lowest BCUT2D eigenvalue weighted by atomic mass is 10.4. The fraction of sp³-hybridized carbons (Fsp3) is 0.500. The number of rotatable bonds is 4. The van der Waals surface area contributed by atoms with Gasteiger partial charge in [-0.05, 0) is 6.92 Å². The van der Waals surface area contributed by atoms with E-state index in [1.54, 1.807) is 0 Å². The van der Waals surface area contributed by atoms with E-state index in [1.165, 1.54) is 6.92 Å². The Morgan fingerprint density at radius 3 is 3.17 bits per heavy atom. The predicted molar refractivity (Wildman–Crippen MR) is 36.2 cm³/mol. The van der Waals surface area contributed by atoms with Gasteiger partial charge in [0.2, 0.25) is 6.39 Å². The Labute approximate surface area is 68.1 Å². The maximum atomic E-state index is 10.3. The molecule has 0 radical (unpaired) electrons. The third-order valence-corrected chi connectivity index (χ3v) is 1.22. The first-order chi connectivity index (χ1) is 5.70. The molecule has 12 heavy (non-hydrogen) atoms. The second-order valence-electron chi connectivity index (χ2n) is 2.14. The van der Waals surface area contributed by atoms with Gasteiger partial charge < -0.3 is 14.4 Å². The van der Waals surface area contributed by atoms with Crippen LogP contribution in [0.4, 0.5) is 0 Å². The molecule has 0 saturated heterocycles. The van der Waals surface area contributed by atoms with Gasteiger partial charge in [-0.15, -0.1) is 0 Å². The fourth-order valence-electron chi connectivity index (χ4n) is 0.527. The normalized spacial score (nSPS) is 12.8. The molecule has 1 aromatic rings. The highest BCUT2D eigenvalue weighted by Gasteiger charge is 2.11. The molecule has 1 heterocycles. The zero-order valence-corrected chi connectivity index (χ0v) is 6.43. The summed E-state index contributed by atoms with van der Waals surface area (Å²) < 4.78 is 9.28. The molecule has 0 saturated carbocycles. The molecule has 0 bridgehead atoms. The van der Waals surface area contributed by atoms with Crippen LogP contribution in [0.15, 0.2) is 10.9 Å². The summed E-state index contributed by atoms with van der Waals surface area (Å²) in [5, 5.41) is 11.9. The third kappa shape index (κ3) is 2.31. The lowest BCUT2D eigenvalue weighted by Crippen LogP contribution is -2.19. The quantitative estimate of drug-likeness (QED) is 0.691. The van der Waals surface area contributed by atoms with E-state index in [1.807, 2.05) is 0 Å². The van der Waals surface area contributed by atoms with Crippen molar-refractivity contribution < 1.29 is 19.2 Å². The first-order valence-electron chi connectivity index (χ1n) is 3.30. The Bertz CT molecular complexity index is 246. The second-order valence-corrected chi connectivity index (χ2v) is 2.14. The molecule has 0 aliphatic carbocycles. The number of carboxylic acid groups (broad SMARTS) is 1. The van der Waals surface area contributed by atoms with Crippen LogP contribution < -0.4 is 0 Å². The Morgan fingerprint density at radius 2 is 2.67 bits per heavy atom. The molecular weight excluding hydrogens is 164 g/mol. The fourth-order valence-corrected chi connectivity index (χ4v) is 0.527. The summed E-state index contributed by atoms with van der Waals surface area (Å²) in [6.45, 7) is 1.48. The van der Waals surface area contributed by atoms with E-state index in [9.17, 15) is 4.79 Å². The van der Waals surface area contributed by atoms with Gasteiger partial charge in [0.1, 0.15) is 6.61 Å². The molecule has 6 heteroatoms. The van der Waals surface area contributed by atoms with Gasteiger partial charge in [0.15, 0.2) is 11.9 Å². The highest BCUT2D eigenvalue weighted by atomic mass is 16.5. The minimum Gasteiger partial charge on any atom is -0.479 e. The lowest BCUT2D eigenvalue weighted by molar-refractivity contribution is -0.150. The van der Waals surface area contributed by atoms with E-state index < -0.39 is 12.1 Å². The van der Waals surface area contributed by atoms with E-state index in [4.69, 9.17) is 9.84 Å². The summed E-state index contributed by atoms with van der Waals surface area (Å²) in [4.78, 5) is 13.9. The Hall–Kier alpha value is -1.43. The minimum atomic E-state index is -1.02. The summed E-state index contributed by atoms with van der Waals surface area (Å²) in [6, 6.07) is 0. The predicted octanol–water partition coefficient (Wildman–Crippen LogP) is 0.0593. The van der Waals surface area contributed by atoms with Crippen molar-refractivity contribution >= 4 is 5.97 Å². The summed E-state index contributed by atoms with van der Waals surface area (Å²) in [7, 11) is 0. The summed E-state index contributed by atoms with van der Waals surface area (Å²) in [5.41, 5.74) is 0. The van der Waals surface area contributed by atoms with Gasteiger partial charge in [0.05, 0.1) is 0 Å². The molecular formula is C6H8N2O4. The molecule has 0 fully saturated rings. The van der Waals surface area contributed by atoms with Crippen LogP contribution in [0.5, 0.6) is 0 Å². The molecule has 0 spiro atoms. The van der Waals surface area contributed by atoms with Crippen molar-refractivity contribution in [2.24, 2.45) is 0 Å². The maximum Gasteiger partial charge on any atom is 0.332 e. The van der Waals surface area contributed by atoms with Crippen molar-refractivity contribution in [3.05, 3.63) is 12.2 Å². The number of hydrogen-bond donors (Lipinski definition) is 1. The number of carboxylic acids is 1. The topological polar surface area (TPSA) is 85.5 Å². The van der Waals surface area contributed by atoms with Crippen LogP contribution in [0.3, 0.4) is 0 Å². The maximum absolute atomic E-state index is 10.3. The van der Waals surface area contributed by atoms with Crippen LogP contribution in [-0.2, 0) is 16.1 Å². The van der Waals surface area contributed by atoms with Crippen LogP contribution in [0, 0.1) is 0 Å². The molecule has 1 N–H and O–H groups in total. The highest BCUT2D eigenvalue weighted by Crippen LogP contribution is 1.97. The molecule has 1 aromatic heterocycles. The van der Waals surface area contributed by atoms with Gasteiger partial charge in [-0.3, -0.25) is 0 Å². The van der Waals surface area contributed by atoms with Crippen molar-refractivity contribution in [2.75, 3.05) is 0 Å². The van der Waals surface area contributed by atoms with Gasteiger partial charge in [0, 0.05) is 0 Å². The van der Waals surface area contributed by atoms with Gasteiger partial charge in [-0.25, -0.2) is 4.79 Å². The number of hydrogen-bond acceptors (Lipinski definition) is 5. The average molecular weight is 172 g/mol. The summed E-state index contributed by atoms with van der Waals surface area (Å²) in [5.74, 6) is -0.679. The molecule has 0 aliphatic heterocycles. The summed E-state index contributed by atoms with van der Waals surface area (Å²) in [6.07, 6.45) is 0.299. The smallest absolute Gasteiger partial charge is 0.332 e. The average Bonchev–Trinajstić information content (AvgIpc) is 2.51. The van der Waals surface area contributed by atoms with Gasteiger partial charge >= 0.3 is 5.97 Å². The lowest BCUT2D eigenvalue weighted by Gasteiger charge is -2.04. The Morgan fingerprint density at radius 1 is 1.92 bits per heavy atom. The number of nitrogens with zero attached hydrogens (tertiary/aromatic N) is 2. The van der Waals surface area contributed by atoms with Crippen LogP contribution in [0.1, 0.15) is 12.7 Å². The molecule has 6 nitrogen and oxygen atoms in total. The Kier molecular flexibility index (Phi) is 2.76. The first-order valence-corrected chi connectivity index (χ1v) is 3.30. The van der Waals surface area contributed by atoms with E-state index in [2.05, 4.69) is 14.7 Å². The molecule has 0 aromatic carbocycles. The molecule has 1 unspecified atom stereocenters. The largest absolute Gasteiger partial charge is 0.479 e. The van der Waals surface area contributed by atoms with Crippen molar-refractivity contribution in [3.8, 4) is 0 Å². The van der Waals surface area contributed by atoms with Crippen LogP contribution >= 0.6 is 0 Å². The van der Waals surface area contributed by atoms with Crippen molar-refractivity contribution in [1.82, 2.24) is 10.1 Å². The number of aromatic nitrogens is 2. The van der Waals surface area contributed by atoms with Crippen LogP contribution in [0.2, 0.25) is 0 Å². The van der Waals surface area contributed by atoms with Gasteiger partial charge in [-0.2, -0.15) is 4.98 Å². The molecule has 0 aliphatic rings. The van der Waals surface area contributed by atoms with E-state index in [-0.39, 0.29) is 6.61 Å². The second kappa shape index (κ2) is 3.82. The number of carbonyl (C=O) groups is 1. The Balaban J connectivity index is 2.31. The standard InChI is InChI=1S/C6H8N2O4/c1-4(6(9)10)11-2-5-7-3-12-8-5/h3-4H,2H2,1H3,(H,9,10). The first kappa shape index (κ1) is 8.66. The highest BCUT2D eigenvalue weighted by molar-refractivity contribution is 5.71. The van der Waals surface area contributed by atoms with E-state index in [0.29, 0.717) is 5.82 Å². The van der Waals surface area contributed by atoms with E-state index >= 15 is 0 Å². The van der Waals surface area contributed by atoms with Crippen LogP contribution in [-0.4, -0.2) is 27.3 Å². The SMILES string of the molecule is CC(OCc1ncon1)C(=O)O. The number of aliphatic carboxylic acids is 1. The molecule has 1 atom stereocenters. The van der Waals surface area contributed by atoms with E-state index in [0.717, 1.165) is 6.39 Å². The summed E-state index contributed by atoms with van der Waals surface area (Å²) >= 11 is 0. The molecule has 1 rings (SSSR count). The molecule has 66 valence electrons. The van der Waals surface area contributed by atoms with Crippen molar-refractivity contribution in [3.63, 3.8) is 0 Å². The van der Waals surface area contributed by atoms with Gasteiger partial charge in [0.25, 0.3) is 0 Å². The molecule has 0 amide bonds. The third-order valence-electron chi connectivity index (χ3n) is 1.22.